The van der Waals surface area contributed by atoms with Gasteiger partial charge in [0.1, 0.15) is 5.16 Å². The minimum atomic E-state index is 0.428. The number of aromatic nitrogens is 2. The van der Waals surface area contributed by atoms with Crippen molar-refractivity contribution in [2.75, 3.05) is 0 Å². The lowest BCUT2D eigenvalue weighted by molar-refractivity contribution is 0.889. The highest BCUT2D eigenvalue weighted by atomic mass is 35.5. The molecule has 0 fully saturated rings. The van der Waals surface area contributed by atoms with Crippen molar-refractivity contribution in [2.24, 2.45) is 0 Å². The Kier molecular flexibility index (Phi) is 1.58. The zero-order chi connectivity index (χ0) is 6.85. The van der Waals surface area contributed by atoms with Gasteiger partial charge in [-0.2, -0.15) is 5.10 Å². The van der Waals surface area contributed by atoms with Crippen LogP contribution in [-0.4, -0.2) is 9.78 Å². The molecule has 1 aromatic heterocycles. The summed E-state index contributed by atoms with van der Waals surface area (Å²) in [7, 11) is 0. The fourth-order valence-corrected chi connectivity index (χ4v) is 0.800. The Labute approximate surface area is 58.7 Å². The Bertz CT molecular complexity index is 227. The third kappa shape index (κ3) is 1.13. The predicted octanol–water partition coefficient (Wildman–Crippen LogP) is 1.86. The lowest BCUT2D eigenvalue weighted by Crippen LogP contribution is -1.93. The zero-order valence-corrected chi connectivity index (χ0v) is 5.89. The summed E-state index contributed by atoms with van der Waals surface area (Å²) in [4.78, 5) is 0. The van der Waals surface area contributed by atoms with Gasteiger partial charge in [-0.3, -0.25) is 0 Å². The number of halogens is 1. The number of hydrogen-bond acceptors (Lipinski definition) is 1. The molecule has 0 aliphatic rings. The van der Waals surface area contributed by atoms with E-state index < -0.39 is 0 Å². The lowest BCUT2D eigenvalue weighted by Gasteiger charge is -1.96. The molecule has 0 radical (unpaired) electrons. The van der Waals surface area contributed by atoms with Crippen LogP contribution in [0, 0.1) is 6.92 Å². The summed E-state index contributed by atoms with van der Waals surface area (Å²) in [6.45, 7) is 5.44. The van der Waals surface area contributed by atoms with Gasteiger partial charge in [-0.1, -0.05) is 18.2 Å². The highest BCUT2D eigenvalue weighted by Crippen LogP contribution is 2.07. The minimum Gasteiger partial charge on any atom is -0.227 e. The molecule has 0 saturated heterocycles. The molecule has 2 nitrogen and oxygen atoms in total. The first-order valence-corrected chi connectivity index (χ1v) is 2.95. The van der Waals surface area contributed by atoms with Crippen LogP contribution in [0.2, 0.25) is 0 Å². The van der Waals surface area contributed by atoms with Crippen LogP contribution < -0.4 is 0 Å². The molecule has 9 heavy (non-hydrogen) atoms. The highest BCUT2D eigenvalue weighted by Gasteiger charge is 1.95. The third-order valence-corrected chi connectivity index (χ3v) is 1.22. The van der Waals surface area contributed by atoms with Crippen molar-refractivity contribution in [1.29, 1.82) is 0 Å². The van der Waals surface area contributed by atoms with Crippen LogP contribution in [0.4, 0.5) is 0 Å². The topological polar surface area (TPSA) is 17.8 Å². The highest BCUT2D eigenvalue weighted by molar-refractivity contribution is 6.44. The molecule has 0 N–H and O–H groups in total. The van der Waals surface area contributed by atoms with Gasteiger partial charge >= 0.3 is 0 Å². The van der Waals surface area contributed by atoms with Crippen molar-refractivity contribution < 1.29 is 0 Å². The molecular formula is C6H7ClN2. The molecule has 0 aliphatic carbocycles. The maximum Gasteiger partial charge on any atom is 0.123 e. The summed E-state index contributed by atoms with van der Waals surface area (Å²) < 4.78 is 1.57. The molecule has 0 saturated carbocycles. The van der Waals surface area contributed by atoms with Crippen molar-refractivity contribution in [3.8, 4) is 0 Å². The standard InChI is InChI=1S/C6H7ClN2/c1-5-3-4-8-9(5)6(2)7/h3-4H,2H2,1H3. The van der Waals surface area contributed by atoms with E-state index in [1.807, 2.05) is 13.0 Å². The average Bonchev–Trinajstić information content (AvgIpc) is 2.13. The fourth-order valence-electron chi connectivity index (χ4n) is 0.624. The quantitative estimate of drug-likeness (QED) is 0.585. The van der Waals surface area contributed by atoms with Crippen molar-refractivity contribution in [3.63, 3.8) is 0 Å². The van der Waals surface area contributed by atoms with E-state index in [1.165, 1.54) is 0 Å². The number of rotatable bonds is 1. The first kappa shape index (κ1) is 6.36. The summed E-state index contributed by atoms with van der Waals surface area (Å²) in [5.74, 6) is 0. The van der Waals surface area contributed by atoms with Crippen molar-refractivity contribution in [3.05, 3.63) is 24.5 Å². The molecule has 0 bridgehead atoms. The first-order chi connectivity index (χ1) is 4.22. The van der Waals surface area contributed by atoms with Gasteiger partial charge in [0.25, 0.3) is 0 Å². The first-order valence-electron chi connectivity index (χ1n) is 2.57. The summed E-state index contributed by atoms with van der Waals surface area (Å²) in [6, 6.07) is 1.87. The van der Waals surface area contributed by atoms with Crippen LogP contribution in [-0.2, 0) is 0 Å². The van der Waals surface area contributed by atoms with Crippen LogP contribution in [0.1, 0.15) is 5.69 Å². The summed E-state index contributed by atoms with van der Waals surface area (Å²) in [6.07, 6.45) is 1.68. The fraction of sp³-hybridized carbons (Fsp3) is 0.167. The number of hydrogen-bond donors (Lipinski definition) is 0. The maximum atomic E-state index is 5.56. The van der Waals surface area contributed by atoms with E-state index in [1.54, 1.807) is 10.9 Å². The second-order valence-corrected chi connectivity index (χ2v) is 2.20. The van der Waals surface area contributed by atoms with E-state index in [0.29, 0.717) is 5.16 Å². The number of aryl methyl sites for hydroxylation is 1. The molecule has 1 rings (SSSR count). The summed E-state index contributed by atoms with van der Waals surface area (Å²) in [5.41, 5.74) is 0.995. The second-order valence-electron chi connectivity index (χ2n) is 1.76. The van der Waals surface area contributed by atoms with Crippen molar-refractivity contribution in [1.82, 2.24) is 9.78 Å². The van der Waals surface area contributed by atoms with Gasteiger partial charge in [0.15, 0.2) is 0 Å². The van der Waals surface area contributed by atoms with Crippen LogP contribution in [0.25, 0.3) is 5.16 Å². The van der Waals surface area contributed by atoms with Crippen LogP contribution in [0.5, 0.6) is 0 Å². The predicted molar refractivity (Wildman–Crippen MR) is 38.1 cm³/mol. The molecule has 3 heteroatoms. The molecule has 1 aromatic rings. The smallest absolute Gasteiger partial charge is 0.123 e. The van der Waals surface area contributed by atoms with E-state index >= 15 is 0 Å². The molecule has 0 unspecified atom stereocenters. The van der Waals surface area contributed by atoms with Crippen molar-refractivity contribution in [2.45, 2.75) is 6.92 Å². The largest absolute Gasteiger partial charge is 0.227 e. The van der Waals surface area contributed by atoms with Crippen LogP contribution in [0.3, 0.4) is 0 Å². The Morgan fingerprint density at radius 1 is 1.89 bits per heavy atom. The zero-order valence-electron chi connectivity index (χ0n) is 5.13. The van der Waals surface area contributed by atoms with E-state index in [4.69, 9.17) is 11.6 Å². The summed E-state index contributed by atoms with van der Waals surface area (Å²) in [5, 5.41) is 4.33. The van der Waals surface area contributed by atoms with Gasteiger partial charge < -0.3 is 0 Å². The molecule has 48 valence electrons. The molecule has 0 aliphatic heterocycles. The van der Waals surface area contributed by atoms with Gasteiger partial charge in [0.05, 0.1) is 0 Å². The van der Waals surface area contributed by atoms with E-state index in [2.05, 4.69) is 11.7 Å². The van der Waals surface area contributed by atoms with Gasteiger partial charge in [-0.05, 0) is 13.0 Å². The minimum absolute atomic E-state index is 0.428. The number of nitrogens with zero attached hydrogens (tertiary/aromatic N) is 2. The van der Waals surface area contributed by atoms with Gasteiger partial charge in [-0.25, -0.2) is 4.68 Å². The van der Waals surface area contributed by atoms with E-state index in [0.717, 1.165) is 5.69 Å². The third-order valence-electron chi connectivity index (χ3n) is 1.06. The average molecular weight is 143 g/mol. The van der Waals surface area contributed by atoms with Gasteiger partial charge in [-0.15, -0.1) is 0 Å². The van der Waals surface area contributed by atoms with E-state index in [9.17, 15) is 0 Å². The monoisotopic (exact) mass is 142 g/mol. The van der Waals surface area contributed by atoms with Crippen LogP contribution in [0.15, 0.2) is 18.8 Å². The Hall–Kier alpha value is -0.760. The Morgan fingerprint density at radius 3 is 2.78 bits per heavy atom. The van der Waals surface area contributed by atoms with Gasteiger partial charge in [0, 0.05) is 11.9 Å². The van der Waals surface area contributed by atoms with Crippen molar-refractivity contribution >= 4 is 16.8 Å². The molecule has 0 aromatic carbocycles. The summed E-state index contributed by atoms with van der Waals surface area (Å²) >= 11 is 5.56. The SMILES string of the molecule is C=C(Cl)n1nccc1C. The lowest BCUT2D eigenvalue weighted by atomic mass is 10.5. The maximum absolute atomic E-state index is 5.56. The molecular weight excluding hydrogens is 136 g/mol. The normalized spacial score (nSPS) is 9.56. The van der Waals surface area contributed by atoms with Crippen LogP contribution >= 0.6 is 11.6 Å². The Morgan fingerprint density at radius 2 is 2.56 bits per heavy atom. The second kappa shape index (κ2) is 2.23. The molecule has 0 amide bonds. The molecule has 1 heterocycles. The van der Waals surface area contributed by atoms with Gasteiger partial charge in [0.2, 0.25) is 0 Å². The molecule has 0 atom stereocenters. The molecule has 0 spiro atoms. The van der Waals surface area contributed by atoms with E-state index in [-0.39, 0.29) is 0 Å². The Balaban J connectivity index is 3.08.